The molecule has 2 heterocycles. The number of carbonyl (C=O) groups excluding carboxylic acids is 2. The Balaban J connectivity index is 1.55. The molecule has 0 spiro atoms. The van der Waals surface area contributed by atoms with Gasteiger partial charge in [-0.3, -0.25) is 19.1 Å². The molecule has 0 saturated heterocycles. The van der Waals surface area contributed by atoms with E-state index in [1.807, 2.05) is 60.7 Å². The van der Waals surface area contributed by atoms with Crippen molar-refractivity contribution in [2.24, 2.45) is 0 Å². The van der Waals surface area contributed by atoms with E-state index in [0.29, 0.717) is 17.1 Å². The van der Waals surface area contributed by atoms with Crippen LogP contribution < -0.4 is 9.64 Å². The Morgan fingerprint density at radius 2 is 1.41 bits per heavy atom. The quantitative estimate of drug-likeness (QED) is 0.167. The zero-order valence-corrected chi connectivity index (χ0v) is 24.7. The molecule has 5 aromatic rings. The van der Waals surface area contributed by atoms with Crippen molar-refractivity contribution in [3.8, 4) is 5.75 Å². The number of imidazole rings is 1. The predicted octanol–water partition coefficient (Wildman–Crippen LogP) is 5.23. The monoisotopic (exact) mass is 595 g/mol. The molecule has 11 nitrogen and oxygen atoms in total. The van der Waals surface area contributed by atoms with E-state index in [2.05, 4.69) is 34.1 Å². The van der Waals surface area contributed by atoms with Gasteiger partial charge >= 0.3 is 11.9 Å². The van der Waals surface area contributed by atoms with Crippen LogP contribution in [-0.4, -0.2) is 57.9 Å². The molecule has 11 heteroatoms. The van der Waals surface area contributed by atoms with Gasteiger partial charge in [0.1, 0.15) is 37.3 Å². The van der Waals surface area contributed by atoms with Crippen molar-refractivity contribution in [1.29, 1.82) is 0 Å². The smallest absolute Gasteiger partial charge is 0.302 e. The van der Waals surface area contributed by atoms with E-state index >= 15 is 0 Å². The van der Waals surface area contributed by atoms with Gasteiger partial charge in [0.25, 0.3) is 0 Å². The van der Waals surface area contributed by atoms with Crippen LogP contribution in [0.2, 0.25) is 0 Å². The van der Waals surface area contributed by atoms with Crippen LogP contribution >= 0.6 is 0 Å². The Morgan fingerprint density at radius 3 is 1.95 bits per heavy atom. The summed E-state index contributed by atoms with van der Waals surface area (Å²) in [7, 11) is 1.63. The van der Waals surface area contributed by atoms with E-state index in [0.717, 1.165) is 22.6 Å². The SMILES string of the molecule is COc1ccc(N(c2ncc3ncn(COC(COC(C)=O)COC(C)=O)c3n2)C(c2ccccc2)c2ccccc2)cc1. The lowest BCUT2D eigenvalue weighted by Gasteiger charge is -2.33. The van der Waals surface area contributed by atoms with Crippen molar-refractivity contribution in [1.82, 2.24) is 19.5 Å². The number of methoxy groups -OCH3 is 1. The van der Waals surface area contributed by atoms with Crippen LogP contribution in [0.5, 0.6) is 5.75 Å². The van der Waals surface area contributed by atoms with Gasteiger partial charge in [-0.2, -0.15) is 4.98 Å². The third-order valence-corrected chi connectivity index (χ3v) is 6.79. The summed E-state index contributed by atoms with van der Waals surface area (Å²) in [5, 5.41) is 0. The van der Waals surface area contributed by atoms with Crippen LogP contribution in [-0.2, 0) is 30.5 Å². The second kappa shape index (κ2) is 14.3. The molecule has 5 rings (SSSR count). The molecule has 226 valence electrons. The lowest BCUT2D eigenvalue weighted by molar-refractivity contribution is -0.154. The van der Waals surface area contributed by atoms with Crippen molar-refractivity contribution in [3.05, 3.63) is 109 Å². The average molecular weight is 596 g/mol. The van der Waals surface area contributed by atoms with Gasteiger partial charge in [0.15, 0.2) is 5.65 Å². The predicted molar refractivity (Wildman–Crippen MR) is 163 cm³/mol. The number of benzene rings is 3. The van der Waals surface area contributed by atoms with Crippen molar-refractivity contribution in [3.63, 3.8) is 0 Å². The molecule has 44 heavy (non-hydrogen) atoms. The minimum Gasteiger partial charge on any atom is -0.497 e. The summed E-state index contributed by atoms with van der Waals surface area (Å²) >= 11 is 0. The van der Waals surface area contributed by atoms with Crippen molar-refractivity contribution < 1.29 is 28.5 Å². The highest BCUT2D eigenvalue weighted by atomic mass is 16.6. The molecule has 0 N–H and O–H groups in total. The lowest BCUT2D eigenvalue weighted by atomic mass is 9.96. The number of anilines is 2. The number of nitrogens with zero attached hydrogens (tertiary/aromatic N) is 5. The topological polar surface area (TPSA) is 118 Å². The summed E-state index contributed by atoms with van der Waals surface area (Å²) in [6.45, 7) is 2.48. The molecule has 0 fully saturated rings. The summed E-state index contributed by atoms with van der Waals surface area (Å²) in [4.78, 5) is 39.0. The van der Waals surface area contributed by atoms with Crippen molar-refractivity contribution >= 4 is 34.7 Å². The average Bonchev–Trinajstić information content (AvgIpc) is 3.46. The number of ether oxygens (including phenoxy) is 4. The fraction of sp³-hybridized carbons (Fsp3) is 0.242. The van der Waals surface area contributed by atoms with E-state index in [-0.39, 0.29) is 26.0 Å². The minimum atomic E-state index is -0.683. The fourth-order valence-electron chi connectivity index (χ4n) is 4.69. The second-order valence-electron chi connectivity index (χ2n) is 9.91. The second-order valence-corrected chi connectivity index (χ2v) is 9.91. The fourth-order valence-corrected chi connectivity index (χ4v) is 4.69. The third kappa shape index (κ3) is 7.37. The molecule has 0 atom stereocenters. The number of hydrogen-bond donors (Lipinski definition) is 0. The van der Waals surface area contributed by atoms with Gasteiger partial charge in [-0.25, -0.2) is 9.97 Å². The Bertz CT molecular complexity index is 1620. The Kier molecular flexibility index (Phi) is 9.78. The number of esters is 2. The molecule has 2 aromatic heterocycles. The maximum Gasteiger partial charge on any atom is 0.302 e. The summed E-state index contributed by atoms with van der Waals surface area (Å²) < 4.78 is 23.3. The first-order valence-corrected chi connectivity index (χ1v) is 14.0. The highest BCUT2D eigenvalue weighted by Crippen LogP contribution is 2.38. The van der Waals surface area contributed by atoms with Gasteiger partial charge in [0, 0.05) is 19.5 Å². The van der Waals surface area contributed by atoms with Crippen molar-refractivity contribution in [2.45, 2.75) is 32.7 Å². The van der Waals surface area contributed by atoms with Gasteiger partial charge in [0.2, 0.25) is 5.95 Å². The van der Waals surface area contributed by atoms with E-state index < -0.39 is 18.0 Å². The zero-order chi connectivity index (χ0) is 30.9. The molecule has 0 aliphatic heterocycles. The van der Waals surface area contributed by atoms with Crippen LogP contribution in [0.4, 0.5) is 11.6 Å². The molecule has 0 aliphatic rings. The van der Waals surface area contributed by atoms with Gasteiger partial charge in [-0.15, -0.1) is 0 Å². The van der Waals surface area contributed by atoms with Crippen LogP contribution in [0, 0.1) is 0 Å². The van der Waals surface area contributed by atoms with E-state index in [1.165, 1.54) is 13.8 Å². The molecule has 0 radical (unpaired) electrons. The molecule has 0 bridgehead atoms. The number of hydrogen-bond acceptors (Lipinski definition) is 10. The molecule has 0 amide bonds. The highest BCUT2D eigenvalue weighted by molar-refractivity contribution is 5.73. The number of rotatable bonds is 13. The molecule has 3 aromatic carbocycles. The number of aromatic nitrogens is 4. The molecule has 0 saturated carbocycles. The van der Waals surface area contributed by atoms with E-state index in [4.69, 9.17) is 28.9 Å². The van der Waals surface area contributed by atoms with Gasteiger partial charge < -0.3 is 18.9 Å². The summed E-state index contributed by atoms with van der Waals surface area (Å²) in [5.74, 6) is 0.251. The maximum absolute atomic E-state index is 11.4. The Labute approximate surface area is 255 Å². The largest absolute Gasteiger partial charge is 0.497 e. The number of fused-ring (bicyclic) bond motifs is 1. The van der Waals surface area contributed by atoms with Crippen LogP contribution in [0.15, 0.2) is 97.5 Å². The molecule has 0 aliphatic carbocycles. The maximum atomic E-state index is 11.4. The molecular formula is C33H33N5O6. The van der Waals surface area contributed by atoms with Gasteiger partial charge in [0.05, 0.1) is 25.7 Å². The third-order valence-electron chi connectivity index (χ3n) is 6.79. The molecular weight excluding hydrogens is 562 g/mol. The number of carbonyl (C=O) groups is 2. The van der Waals surface area contributed by atoms with Crippen molar-refractivity contribution in [2.75, 3.05) is 25.2 Å². The standard InChI is InChI=1S/C33H33N5O6/c1-23(39)42-19-29(20-43-24(2)40)44-22-37-21-35-30-18-34-33(36-32(30)37)38(27-14-16-28(41-3)17-15-27)31(25-10-6-4-7-11-25)26-12-8-5-9-13-26/h4-18,21,29,31H,19-20,22H2,1-3H3. The van der Waals surface area contributed by atoms with Crippen LogP contribution in [0.3, 0.4) is 0 Å². The van der Waals surface area contributed by atoms with Crippen LogP contribution in [0.1, 0.15) is 31.0 Å². The summed E-state index contributed by atoms with van der Waals surface area (Å²) in [6, 6.07) is 27.8. The first-order chi connectivity index (χ1) is 21.4. The van der Waals surface area contributed by atoms with E-state index in [1.54, 1.807) is 24.2 Å². The Hall–Kier alpha value is -5.29. The summed E-state index contributed by atoms with van der Waals surface area (Å²) in [6.07, 6.45) is 2.59. The van der Waals surface area contributed by atoms with Gasteiger partial charge in [-0.1, -0.05) is 60.7 Å². The summed E-state index contributed by atoms with van der Waals surface area (Å²) in [5.41, 5.74) is 4.06. The molecule has 0 unspecified atom stereocenters. The lowest BCUT2D eigenvalue weighted by Crippen LogP contribution is -2.28. The first kappa shape index (κ1) is 30.2. The first-order valence-electron chi connectivity index (χ1n) is 14.0. The Morgan fingerprint density at radius 1 is 0.818 bits per heavy atom. The normalized spacial score (nSPS) is 11.1. The van der Waals surface area contributed by atoms with Gasteiger partial charge in [-0.05, 0) is 35.4 Å². The minimum absolute atomic E-state index is 0.0173. The zero-order valence-electron chi connectivity index (χ0n) is 24.7. The van der Waals surface area contributed by atoms with E-state index in [9.17, 15) is 9.59 Å². The highest BCUT2D eigenvalue weighted by Gasteiger charge is 2.27. The van der Waals surface area contributed by atoms with Crippen LogP contribution in [0.25, 0.3) is 11.2 Å².